The summed E-state index contributed by atoms with van der Waals surface area (Å²) < 4.78 is 28.5. The van der Waals surface area contributed by atoms with E-state index in [1.807, 2.05) is 30.7 Å². The monoisotopic (exact) mass is 347 g/mol. The highest BCUT2D eigenvalue weighted by Crippen LogP contribution is 2.40. The molecule has 0 saturated heterocycles. The van der Waals surface area contributed by atoms with Crippen molar-refractivity contribution < 1.29 is 8.78 Å². The maximum atomic E-state index is 13.4. The molecule has 134 valence electrons. The van der Waals surface area contributed by atoms with Crippen molar-refractivity contribution in [1.82, 2.24) is 19.7 Å². The van der Waals surface area contributed by atoms with Gasteiger partial charge in [0.15, 0.2) is 5.82 Å². The van der Waals surface area contributed by atoms with E-state index in [-0.39, 0.29) is 18.9 Å². The Morgan fingerprint density at radius 1 is 1.08 bits per heavy atom. The summed E-state index contributed by atoms with van der Waals surface area (Å²) in [5.41, 5.74) is 2.97. The SMILES string of the molecule is Cc1cc(C)n(-c2cc(C3CC3)nc(NC3CCC(F)(F)CC3)n2)n1. The standard InChI is InChI=1S/C18H23F2N5/c1-11-9-12(2)25(24-11)16-10-15(13-3-4-13)22-17(23-16)21-14-5-7-18(19,20)8-6-14/h9-10,13-14H,3-8H2,1-2H3,(H,21,22,23). The number of nitrogens with one attached hydrogen (secondary N) is 1. The lowest BCUT2D eigenvalue weighted by Gasteiger charge is -2.28. The van der Waals surface area contributed by atoms with E-state index in [9.17, 15) is 8.78 Å². The van der Waals surface area contributed by atoms with Crippen LogP contribution in [0.15, 0.2) is 12.1 Å². The maximum absolute atomic E-state index is 13.4. The molecule has 0 radical (unpaired) electrons. The van der Waals surface area contributed by atoms with Gasteiger partial charge in [-0.05, 0) is 45.6 Å². The molecule has 2 aliphatic rings. The number of nitrogens with zero attached hydrogens (tertiary/aromatic N) is 4. The summed E-state index contributed by atoms with van der Waals surface area (Å²) in [4.78, 5) is 9.25. The van der Waals surface area contributed by atoms with Crippen LogP contribution in [0.1, 0.15) is 61.5 Å². The number of alkyl halides is 2. The van der Waals surface area contributed by atoms with Crippen molar-refractivity contribution in [3.8, 4) is 5.82 Å². The number of aromatic nitrogens is 4. The Kier molecular flexibility index (Phi) is 3.96. The summed E-state index contributed by atoms with van der Waals surface area (Å²) in [7, 11) is 0. The number of rotatable bonds is 4. The van der Waals surface area contributed by atoms with E-state index in [4.69, 9.17) is 0 Å². The zero-order valence-electron chi connectivity index (χ0n) is 14.6. The summed E-state index contributed by atoms with van der Waals surface area (Å²) in [5.74, 6) is -0.771. The lowest BCUT2D eigenvalue weighted by atomic mass is 9.92. The minimum Gasteiger partial charge on any atom is -0.351 e. The molecule has 0 aromatic carbocycles. The minimum atomic E-state index is -2.52. The van der Waals surface area contributed by atoms with E-state index in [2.05, 4.69) is 20.4 Å². The summed E-state index contributed by atoms with van der Waals surface area (Å²) in [6, 6.07) is 4.01. The lowest BCUT2D eigenvalue weighted by Crippen LogP contribution is -2.32. The van der Waals surface area contributed by atoms with Crippen LogP contribution in [0.3, 0.4) is 0 Å². The van der Waals surface area contributed by atoms with Crippen molar-refractivity contribution in [3.05, 3.63) is 29.2 Å². The van der Waals surface area contributed by atoms with Crippen LogP contribution in [0.5, 0.6) is 0 Å². The van der Waals surface area contributed by atoms with Gasteiger partial charge in [0, 0.05) is 36.6 Å². The molecule has 2 aromatic heterocycles. The Bertz CT molecular complexity index is 772. The fraction of sp³-hybridized carbons (Fsp3) is 0.611. The van der Waals surface area contributed by atoms with Crippen LogP contribution in [-0.4, -0.2) is 31.7 Å². The van der Waals surface area contributed by atoms with Crippen molar-refractivity contribution in [1.29, 1.82) is 0 Å². The second-order valence-electron chi connectivity index (χ2n) is 7.36. The third-order valence-corrected chi connectivity index (χ3v) is 5.01. The van der Waals surface area contributed by atoms with E-state index in [0.29, 0.717) is 24.7 Å². The Morgan fingerprint density at radius 2 is 1.80 bits per heavy atom. The van der Waals surface area contributed by atoms with Gasteiger partial charge >= 0.3 is 0 Å². The molecule has 25 heavy (non-hydrogen) atoms. The molecule has 0 unspecified atom stereocenters. The van der Waals surface area contributed by atoms with Crippen LogP contribution in [-0.2, 0) is 0 Å². The molecular weight excluding hydrogens is 324 g/mol. The molecular formula is C18H23F2N5. The molecule has 4 rings (SSSR count). The minimum absolute atomic E-state index is 0.00221. The average molecular weight is 347 g/mol. The van der Waals surface area contributed by atoms with Gasteiger partial charge in [0.25, 0.3) is 0 Å². The Hall–Kier alpha value is -2.05. The molecule has 0 atom stereocenters. The number of halogens is 2. The molecule has 5 nitrogen and oxygen atoms in total. The summed E-state index contributed by atoms with van der Waals surface area (Å²) >= 11 is 0. The van der Waals surface area contributed by atoms with Gasteiger partial charge < -0.3 is 5.32 Å². The van der Waals surface area contributed by atoms with Gasteiger partial charge in [-0.2, -0.15) is 10.1 Å². The normalized spacial score (nSPS) is 20.6. The highest BCUT2D eigenvalue weighted by atomic mass is 19.3. The van der Waals surface area contributed by atoms with Gasteiger partial charge in [-0.25, -0.2) is 18.4 Å². The van der Waals surface area contributed by atoms with Crippen LogP contribution < -0.4 is 5.32 Å². The molecule has 2 aliphatic carbocycles. The highest BCUT2D eigenvalue weighted by molar-refractivity contribution is 5.39. The van der Waals surface area contributed by atoms with Gasteiger partial charge in [0.1, 0.15) is 0 Å². The first-order chi connectivity index (χ1) is 11.9. The quantitative estimate of drug-likeness (QED) is 0.903. The Labute approximate surface area is 145 Å². The molecule has 0 amide bonds. The molecule has 1 N–H and O–H groups in total. The smallest absolute Gasteiger partial charge is 0.248 e. The number of aryl methyl sites for hydroxylation is 2. The van der Waals surface area contributed by atoms with Crippen LogP contribution >= 0.6 is 0 Å². The van der Waals surface area contributed by atoms with E-state index in [1.165, 1.54) is 0 Å². The van der Waals surface area contributed by atoms with Gasteiger partial charge in [-0.15, -0.1) is 0 Å². The highest BCUT2D eigenvalue weighted by Gasteiger charge is 2.35. The van der Waals surface area contributed by atoms with Crippen molar-refractivity contribution in [3.63, 3.8) is 0 Å². The van der Waals surface area contributed by atoms with Crippen molar-refractivity contribution >= 4 is 5.95 Å². The first-order valence-corrected chi connectivity index (χ1v) is 8.97. The summed E-state index contributed by atoms with van der Waals surface area (Å²) in [5, 5.41) is 7.79. The first-order valence-electron chi connectivity index (χ1n) is 8.97. The van der Waals surface area contributed by atoms with Crippen molar-refractivity contribution in [2.75, 3.05) is 5.32 Å². The van der Waals surface area contributed by atoms with Gasteiger partial charge in [0.2, 0.25) is 11.9 Å². The van der Waals surface area contributed by atoms with E-state index >= 15 is 0 Å². The Balaban J connectivity index is 1.60. The van der Waals surface area contributed by atoms with Crippen LogP contribution in [0.4, 0.5) is 14.7 Å². The molecule has 2 heterocycles. The first kappa shape index (κ1) is 16.4. The topological polar surface area (TPSA) is 55.6 Å². The fourth-order valence-corrected chi connectivity index (χ4v) is 3.44. The predicted octanol–water partition coefficient (Wildman–Crippen LogP) is 4.15. The molecule has 2 fully saturated rings. The molecule has 0 spiro atoms. The van der Waals surface area contributed by atoms with E-state index < -0.39 is 5.92 Å². The third-order valence-electron chi connectivity index (χ3n) is 5.01. The number of hydrogen-bond acceptors (Lipinski definition) is 4. The average Bonchev–Trinajstić information content (AvgIpc) is 3.34. The van der Waals surface area contributed by atoms with Crippen molar-refractivity contribution in [2.45, 2.75) is 70.3 Å². The summed E-state index contributed by atoms with van der Waals surface area (Å²) in [6.07, 6.45) is 3.03. The molecule has 0 aliphatic heterocycles. The molecule has 2 saturated carbocycles. The van der Waals surface area contributed by atoms with Crippen LogP contribution in [0.25, 0.3) is 5.82 Å². The largest absolute Gasteiger partial charge is 0.351 e. The summed E-state index contributed by atoms with van der Waals surface area (Å²) in [6.45, 7) is 3.95. The molecule has 0 bridgehead atoms. The Morgan fingerprint density at radius 3 is 2.40 bits per heavy atom. The number of hydrogen-bond donors (Lipinski definition) is 1. The number of anilines is 1. The van der Waals surface area contributed by atoms with Gasteiger partial charge in [0.05, 0.1) is 11.4 Å². The second-order valence-corrected chi connectivity index (χ2v) is 7.36. The van der Waals surface area contributed by atoms with Crippen LogP contribution in [0.2, 0.25) is 0 Å². The maximum Gasteiger partial charge on any atom is 0.248 e. The molecule has 7 heteroatoms. The second kappa shape index (κ2) is 6.04. The lowest BCUT2D eigenvalue weighted by molar-refractivity contribution is -0.0361. The third kappa shape index (κ3) is 3.65. The van der Waals surface area contributed by atoms with E-state index in [1.54, 1.807) is 0 Å². The van der Waals surface area contributed by atoms with Gasteiger partial charge in [-0.1, -0.05) is 0 Å². The zero-order valence-corrected chi connectivity index (χ0v) is 14.6. The zero-order chi connectivity index (χ0) is 17.6. The van der Waals surface area contributed by atoms with E-state index in [0.717, 1.165) is 35.7 Å². The van der Waals surface area contributed by atoms with Crippen molar-refractivity contribution in [2.24, 2.45) is 0 Å². The van der Waals surface area contributed by atoms with Gasteiger partial charge in [-0.3, -0.25) is 0 Å². The predicted molar refractivity (Wildman–Crippen MR) is 91.4 cm³/mol. The van der Waals surface area contributed by atoms with Crippen LogP contribution in [0, 0.1) is 13.8 Å². The fourth-order valence-electron chi connectivity index (χ4n) is 3.44. The molecule has 2 aromatic rings.